The third kappa shape index (κ3) is 26.1. The van der Waals surface area contributed by atoms with Crippen LogP contribution < -0.4 is 15.7 Å². The quantitative estimate of drug-likeness (QED) is 0.0410. The standard InChI is InChI=1S/C64H109NO5SSi/c1-4-5-6-29-44-59(70-62(66)50-49-56-38-23-17-24-39-56)55-71-54-37-21-28-43-58(42-27-20-36-53-69-63(67)57-40-25-15-13-11-9-7-8-10-12-14-16-26-41-57)65-52-35-22-34-51-64(2,3)72(68,60-45-30-18-31-46-60)61-47-32-19-33-48-61/h18-19,30-33,45-48,56-59,65,68H,4-17,20-29,34-44,49-55H2,1-3H3. The van der Waals surface area contributed by atoms with Crippen LogP contribution in [-0.4, -0.2) is 61.9 Å². The third-order valence-electron chi connectivity index (χ3n) is 16.7. The van der Waals surface area contributed by atoms with Gasteiger partial charge in [-0.05, 0) is 104 Å². The molecule has 4 rings (SSSR count). The van der Waals surface area contributed by atoms with E-state index in [2.05, 4.69) is 74.6 Å². The van der Waals surface area contributed by atoms with Gasteiger partial charge in [0.05, 0.1) is 12.5 Å². The Morgan fingerprint density at radius 3 is 1.75 bits per heavy atom. The number of esters is 2. The Bertz CT molecular complexity index is 1570. The van der Waals surface area contributed by atoms with E-state index in [1.165, 1.54) is 141 Å². The molecule has 6 nitrogen and oxygen atoms in total. The monoisotopic (exact) mass is 1030 g/mol. The van der Waals surface area contributed by atoms with Gasteiger partial charge in [-0.3, -0.25) is 9.59 Å². The smallest absolute Gasteiger partial charge is 0.308 e. The molecule has 0 saturated heterocycles. The van der Waals surface area contributed by atoms with Crippen molar-refractivity contribution in [3.05, 3.63) is 60.7 Å². The maximum absolute atomic E-state index is 13.3. The Kier molecular flexibility index (Phi) is 34.0. The van der Waals surface area contributed by atoms with Gasteiger partial charge in [0.1, 0.15) is 6.10 Å². The molecular formula is C64H109NO5SSi. The van der Waals surface area contributed by atoms with E-state index in [1.807, 2.05) is 23.9 Å². The predicted octanol–water partition coefficient (Wildman–Crippen LogP) is 16.8. The Morgan fingerprint density at radius 1 is 0.639 bits per heavy atom. The van der Waals surface area contributed by atoms with Gasteiger partial charge >= 0.3 is 11.9 Å². The van der Waals surface area contributed by atoms with Crippen LogP contribution in [0.5, 0.6) is 0 Å². The maximum Gasteiger partial charge on any atom is 0.308 e. The Balaban J connectivity index is 1.21. The van der Waals surface area contributed by atoms with E-state index in [-0.39, 0.29) is 29.0 Å². The fourth-order valence-corrected chi connectivity index (χ4v) is 16.8. The molecule has 2 aliphatic carbocycles. The highest BCUT2D eigenvalue weighted by atomic mass is 32.2. The van der Waals surface area contributed by atoms with Crippen LogP contribution in [0.3, 0.4) is 0 Å². The Labute approximate surface area is 448 Å². The van der Waals surface area contributed by atoms with Crippen molar-refractivity contribution in [2.45, 2.75) is 282 Å². The highest BCUT2D eigenvalue weighted by Crippen LogP contribution is 2.40. The lowest BCUT2D eigenvalue weighted by atomic mass is 9.86. The van der Waals surface area contributed by atoms with Gasteiger partial charge in [-0.15, -0.1) is 0 Å². The molecule has 0 aliphatic heterocycles. The summed E-state index contributed by atoms with van der Waals surface area (Å²) >= 11 is 1.99. The molecule has 410 valence electrons. The van der Waals surface area contributed by atoms with Crippen LogP contribution in [-0.2, 0) is 19.1 Å². The van der Waals surface area contributed by atoms with Crippen molar-refractivity contribution in [2.24, 2.45) is 11.8 Å². The van der Waals surface area contributed by atoms with Gasteiger partial charge in [0, 0.05) is 18.2 Å². The van der Waals surface area contributed by atoms with Gasteiger partial charge in [0.2, 0.25) is 0 Å². The fourth-order valence-electron chi connectivity index (χ4n) is 11.9. The van der Waals surface area contributed by atoms with Gasteiger partial charge in [-0.2, -0.15) is 11.8 Å². The van der Waals surface area contributed by atoms with E-state index < -0.39 is 8.32 Å². The molecule has 2 unspecified atom stereocenters. The number of carbonyl (C=O) groups excluding carboxylic acids is 2. The summed E-state index contributed by atoms with van der Waals surface area (Å²) < 4.78 is 12.1. The number of unbranched alkanes of at least 4 members (excludes halogenated alkanes) is 9. The minimum atomic E-state index is -2.99. The molecular weight excluding hydrogens is 923 g/mol. The fraction of sp³-hybridized carbons (Fsp3) is 0.781. The van der Waals surface area contributed by atoms with Crippen LogP contribution in [0.2, 0.25) is 5.04 Å². The first-order valence-corrected chi connectivity index (χ1v) is 33.8. The van der Waals surface area contributed by atoms with Crippen LogP contribution >= 0.6 is 11.8 Å². The summed E-state index contributed by atoms with van der Waals surface area (Å²) in [6, 6.07) is 21.4. The summed E-state index contributed by atoms with van der Waals surface area (Å²) in [5, 5.41) is 5.99. The van der Waals surface area contributed by atoms with Crippen molar-refractivity contribution in [3.8, 4) is 0 Å². The molecule has 2 aliphatic rings. The zero-order valence-electron chi connectivity index (χ0n) is 46.8. The minimum Gasteiger partial charge on any atom is -0.465 e. The van der Waals surface area contributed by atoms with Gasteiger partial charge in [-0.25, -0.2) is 0 Å². The number of thioether (sulfide) groups is 1. The average Bonchev–Trinajstić information content (AvgIpc) is 3.41. The van der Waals surface area contributed by atoms with E-state index in [0.717, 1.165) is 131 Å². The number of hydrogen-bond acceptors (Lipinski definition) is 7. The molecule has 2 fully saturated rings. The van der Waals surface area contributed by atoms with Crippen molar-refractivity contribution in [2.75, 3.05) is 24.7 Å². The molecule has 0 radical (unpaired) electrons. The SMILES string of the molecule is CCCCCCC(CSCCCCCC(CCCCCOC(=O)C1CCCCCCCCCCCCCC1)NCCCCCC(C)(C)[Si](O)(c1ccccc1)c1ccccc1)OC(=O)CCC1CCCCC1. The molecule has 2 saturated carbocycles. The third-order valence-corrected chi connectivity index (χ3v) is 22.4. The van der Waals surface area contributed by atoms with Crippen LogP contribution in [0.25, 0.3) is 0 Å². The van der Waals surface area contributed by atoms with Crippen molar-refractivity contribution in [1.29, 1.82) is 0 Å². The van der Waals surface area contributed by atoms with E-state index in [0.29, 0.717) is 19.1 Å². The molecule has 0 spiro atoms. The topological polar surface area (TPSA) is 84.9 Å². The summed E-state index contributed by atoms with van der Waals surface area (Å²) in [6.45, 7) is 8.43. The zero-order valence-corrected chi connectivity index (χ0v) is 48.6. The van der Waals surface area contributed by atoms with Gasteiger partial charge in [0.15, 0.2) is 0 Å². The van der Waals surface area contributed by atoms with Crippen LogP contribution in [0.1, 0.15) is 265 Å². The first kappa shape index (κ1) is 62.4. The molecule has 2 N–H and O–H groups in total. The molecule has 2 aromatic carbocycles. The first-order chi connectivity index (χ1) is 35.2. The molecule has 72 heavy (non-hydrogen) atoms. The van der Waals surface area contributed by atoms with Crippen LogP contribution in [0, 0.1) is 11.8 Å². The Morgan fingerprint density at radius 2 is 1.15 bits per heavy atom. The van der Waals surface area contributed by atoms with E-state index in [4.69, 9.17) is 9.47 Å². The van der Waals surface area contributed by atoms with E-state index >= 15 is 0 Å². The Hall–Kier alpha value is -2.13. The number of ether oxygens (including phenoxy) is 2. The highest BCUT2D eigenvalue weighted by Gasteiger charge is 2.49. The molecule has 0 heterocycles. The van der Waals surface area contributed by atoms with E-state index in [9.17, 15) is 14.4 Å². The number of nitrogens with one attached hydrogen (secondary N) is 1. The molecule has 0 amide bonds. The molecule has 8 heteroatoms. The minimum absolute atomic E-state index is 0.0345. The van der Waals surface area contributed by atoms with Crippen LogP contribution in [0.4, 0.5) is 0 Å². The second kappa shape index (κ2) is 39.3. The van der Waals surface area contributed by atoms with Crippen LogP contribution in [0.15, 0.2) is 60.7 Å². The summed E-state index contributed by atoms with van der Waals surface area (Å²) in [5.41, 5.74) is 0. The largest absolute Gasteiger partial charge is 0.465 e. The molecule has 0 bridgehead atoms. The molecule has 2 aromatic rings. The molecule has 2 atom stereocenters. The number of rotatable bonds is 34. The second-order valence-electron chi connectivity index (χ2n) is 23.2. The lowest BCUT2D eigenvalue weighted by molar-refractivity contribution is -0.150. The van der Waals surface area contributed by atoms with Crippen molar-refractivity contribution in [3.63, 3.8) is 0 Å². The van der Waals surface area contributed by atoms with Crippen molar-refractivity contribution >= 4 is 42.4 Å². The van der Waals surface area contributed by atoms with Gasteiger partial charge in [-0.1, -0.05) is 248 Å². The number of carbonyl (C=O) groups is 2. The van der Waals surface area contributed by atoms with Gasteiger partial charge in [0.25, 0.3) is 8.32 Å². The second-order valence-corrected chi connectivity index (χ2v) is 28.3. The molecule has 0 aromatic heterocycles. The first-order valence-electron chi connectivity index (χ1n) is 30.7. The maximum atomic E-state index is 13.3. The lowest BCUT2D eigenvalue weighted by Gasteiger charge is -2.41. The zero-order chi connectivity index (χ0) is 51.2. The van der Waals surface area contributed by atoms with Gasteiger partial charge < -0.3 is 19.6 Å². The van der Waals surface area contributed by atoms with E-state index in [1.54, 1.807) is 0 Å². The predicted molar refractivity (Wildman–Crippen MR) is 312 cm³/mol. The van der Waals surface area contributed by atoms with Crippen molar-refractivity contribution < 1.29 is 23.9 Å². The summed E-state index contributed by atoms with van der Waals surface area (Å²) in [5.74, 6) is 2.97. The summed E-state index contributed by atoms with van der Waals surface area (Å²) in [6.07, 6.45) is 45.4. The summed E-state index contributed by atoms with van der Waals surface area (Å²) in [4.78, 5) is 38.9. The average molecular weight is 1030 g/mol. The highest BCUT2D eigenvalue weighted by molar-refractivity contribution is 7.99. The lowest BCUT2D eigenvalue weighted by Crippen LogP contribution is -2.65. The normalized spacial score (nSPS) is 17.4. The summed E-state index contributed by atoms with van der Waals surface area (Å²) in [7, 11) is -2.99. The number of benzene rings is 2. The number of hydrogen-bond donors (Lipinski definition) is 2. The van der Waals surface area contributed by atoms with Crippen molar-refractivity contribution in [1.82, 2.24) is 5.32 Å².